The number of hydrogen-bond donors (Lipinski definition) is 3. The summed E-state index contributed by atoms with van der Waals surface area (Å²) in [6.45, 7) is 4.10. The van der Waals surface area contributed by atoms with Crippen LogP contribution in [-0.2, 0) is 21.3 Å². The number of piperidine rings is 1. The average molecular weight is 515 g/mol. The van der Waals surface area contributed by atoms with Crippen LogP contribution in [0.2, 0.25) is 0 Å². The highest BCUT2D eigenvalue weighted by Crippen LogP contribution is 2.38. The van der Waals surface area contributed by atoms with E-state index in [0.717, 1.165) is 44.5 Å². The van der Waals surface area contributed by atoms with Gasteiger partial charge in [0.15, 0.2) is 11.6 Å². The first-order valence-electron chi connectivity index (χ1n) is 12.6. The number of methoxy groups -OCH3 is 1. The highest BCUT2D eigenvalue weighted by Gasteiger charge is 2.40. The Bertz CT molecular complexity index is 1190. The lowest BCUT2D eigenvalue weighted by molar-refractivity contribution is -0.169. The number of nitrogens with one attached hydrogen (secondary N) is 2. The van der Waals surface area contributed by atoms with Gasteiger partial charge in [-0.15, -0.1) is 0 Å². The number of ether oxygens (including phenoxy) is 4. The van der Waals surface area contributed by atoms with Crippen LogP contribution in [0.15, 0.2) is 23.0 Å². The van der Waals surface area contributed by atoms with Crippen molar-refractivity contribution in [1.82, 2.24) is 9.55 Å². The van der Waals surface area contributed by atoms with Gasteiger partial charge in [0.2, 0.25) is 5.95 Å². The van der Waals surface area contributed by atoms with Crippen LogP contribution in [0.1, 0.15) is 36.0 Å². The van der Waals surface area contributed by atoms with Gasteiger partial charge in [0.25, 0.3) is 11.5 Å². The van der Waals surface area contributed by atoms with Crippen LogP contribution in [-0.4, -0.2) is 73.9 Å². The van der Waals surface area contributed by atoms with E-state index >= 15 is 0 Å². The first kappa shape index (κ1) is 25.3. The first-order chi connectivity index (χ1) is 17.9. The van der Waals surface area contributed by atoms with E-state index in [4.69, 9.17) is 24.7 Å². The van der Waals surface area contributed by atoms with Gasteiger partial charge in [-0.05, 0) is 25.0 Å². The molecule has 0 aliphatic carbocycles. The summed E-state index contributed by atoms with van der Waals surface area (Å²) >= 11 is 0. The number of nitrogens with two attached hydrogens (primary N) is 1. The third-order valence-corrected chi connectivity index (χ3v) is 7.21. The number of primary amides is 1. The fraction of sp³-hybridized carbons (Fsp3) is 0.560. The molecule has 4 heterocycles. The maximum absolute atomic E-state index is 13.0. The molecule has 0 unspecified atom stereocenters. The number of rotatable bonds is 7. The normalized spacial score (nSPS) is 19.7. The molecule has 3 aliphatic rings. The number of aromatic nitrogens is 2. The van der Waals surface area contributed by atoms with Crippen molar-refractivity contribution < 1.29 is 23.7 Å². The second-order valence-corrected chi connectivity index (χ2v) is 9.52. The summed E-state index contributed by atoms with van der Waals surface area (Å²) in [4.78, 5) is 32.1. The number of benzene rings is 1. The summed E-state index contributed by atoms with van der Waals surface area (Å²) in [5.74, 6) is -0.214. The second-order valence-electron chi connectivity index (χ2n) is 9.52. The summed E-state index contributed by atoms with van der Waals surface area (Å²) in [6.07, 6.45) is 3.14. The topological polar surface area (TPSA) is 142 Å². The van der Waals surface area contributed by atoms with E-state index in [0.29, 0.717) is 43.8 Å². The van der Waals surface area contributed by atoms with Gasteiger partial charge < -0.3 is 40.2 Å². The Balaban J connectivity index is 1.39. The second kappa shape index (κ2) is 10.6. The van der Waals surface area contributed by atoms with Crippen molar-refractivity contribution in [3.63, 3.8) is 0 Å². The fourth-order valence-corrected chi connectivity index (χ4v) is 5.10. The molecule has 0 saturated carbocycles. The molecule has 3 fully saturated rings. The number of amides is 1. The molecule has 3 saturated heterocycles. The van der Waals surface area contributed by atoms with Gasteiger partial charge in [0.05, 0.1) is 26.0 Å². The Kier molecular flexibility index (Phi) is 7.22. The molecule has 0 radical (unpaired) electrons. The van der Waals surface area contributed by atoms with Crippen molar-refractivity contribution in [1.29, 1.82) is 0 Å². The maximum atomic E-state index is 13.0. The minimum atomic E-state index is -0.851. The van der Waals surface area contributed by atoms with Crippen molar-refractivity contribution in [2.45, 2.75) is 37.5 Å². The van der Waals surface area contributed by atoms with Crippen molar-refractivity contribution in [2.24, 2.45) is 12.8 Å². The van der Waals surface area contributed by atoms with E-state index in [1.54, 1.807) is 14.2 Å². The van der Waals surface area contributed by atoms with Crippen LogP contribution in [0.25, 0.3) is 0 Å². The van der Waals surface area contributed by atoms with Gasteiger partial charge in [-0.3, -0.25) is 14.2 Å². The first-order valence-corrected chi connectivity index (χ1v) is 12.6. The lowest BCUT2D eigenvalue weighted by atomic mass is 10.0. The Hall–Kier alpha value is -3.35. The van der Waals surface area contributed by atoms with Crippen molar-refractivity contribution in [3.05, 3.63) is 34.1 Å². The summed E-state index contributed by atoms with van der Waals surface area (Å²) in [6, 6.07) is 5.74. The lowest BCUT2D eigenvalue weighted by Crippen LogP contribution is -2.45. The molecule has 37 heavy (non-hydrogen) atoms. The zero-order valence-corrected chi connectivity index (χ0v) is 21.2. The van der Waals surface area contributed by atoms with Crippen molar-refractivity contribution in [3.8, 4) is 5.75 Å². The minimum Gasteiger partial charge on any atom is -0.495 e. The largest absolute Gasteiger partial charge is 0.495 e. The molecule has 2 aromatic rings. The molecule has 1 spiro atoms. The molecular formula is C25H34N6O6. The van der Waals surface area contributed by atoms with Crippen molar-refractivity contribution in [2.75, 3.05) is 62.2 Å². The third kappa shape index (κ3) is 5.22. The SMILES string of the molecule is COc1cc(Nc2nc(NC3CCOCC3)n(C)c(=O)c2C(N)=O)ccc1N1CCC2(CC1)OCCO2. The van der Waals surface area contributed by atoms with E-state index in [1.165, 1.54) is 4.57 Å². The molecule has 3 aliphatic heterocycles. The molecule has 1 aromatic heterocycles. The molecule has 1 amide bonds. The number of hydrogen-bond acceptors (Lipinski definition) is 10. The standard InChI is InChI=1S/C25H34N6O6/c1-30-23(33)20(21(26)32)22(29-24(30)28-16-5-11-35-12-6-16)27-17-3-4-18(19(15-17)34-2)31-9-7-25(8-10-31)36-13-14-37-25/h3-4,15-16,27H,5-14H2,1-2H3,(H2,26,32)(H,28,29). The van der Waals surface area contributed by atoms with Gasteiger partial charge in [0, 0.05) is 64.0 Å². The molecule has 4 N–H and O–H groups in total. The van der Waals surface area contributed by atoms with E-state index in [2.05, 4.69) is 20.5 Å². The summed E-state index contributed by atoms with van der Waals surface area (Å²) in [7, 11) is 3.17. The van der Waals surface area contributed by atoms with Gasteiger partial charge >= 0.3 is 0 Å². The minimum absolute atomic E-state index is 0.0930. The molecule has 5 rings (SSSR count). The van der Waals surface area contributed by atoms with Gasteiger partial charge in [-0.2, -0.15) is 4.98 Å². The van der Waals surface area contributed by atoms with Gasteiger partial charge in [0.1, 0.15) is 11.3 Å². The molecule has 1 aromatic carbocycles. The van der Waals surface area contributed by atoms with Crippen molar-refractivity contribution >= 4 is 29.0 Å². The molecular weight excluding hydrogens is 480 g/mol. The van der Waals surface area contributed by atoms with Crippen LogP contribution in [0.4, 0.5) is 23.1 Å². The number of nitrogens with zero attached hydrogens (tertiary/aromatic N) is 3. The zero-order valence-electron chi connectivity index (χ0n) is 21.2. The van der Waals surface area contributed by atoms with Crippen LogP contribution in [0.3, 0.4) is 0 Å². The smallest absolute Gasteiger partial charge is 0.269 e. The number of carbonyl (C=O) groups is 1. The van der Waals surface area contributed by atoms with Gasteiger partial charge in [-0.1, -0.05) is 0 Å². The van der Waals surface area contributed by atoms with E-state index in [-0.39, 0.29) is 17.4 Å². The predicted molar refractivity (Wildman–Crippen MR) is 138 cm³/mol. The quantitative estimate of drug-likeness (QED) is 0.498. The van der Waals surface area contributed by atoms with Crippen LogP contribution in [0, 0.1) is 0 Å². The van der Waals surface area contributed by atoms with E-state index < -0.39 is 17.3 Å². The number of anilines is 4. The molecule has 0 bridgehead atoms. The van der Waals surface area contributed by atoms with Crippen LogP contribution in [0.5, 0.6) is 5.75 Å². The summed E-state index contributed by atoms with van der Waals surface area (Å²) in [5, 5.41) is 6.42. The molecule has 12 nitrogen and oxygen atoms in total. The Morgan fingerprint density at radius 3 is 2.51 bits per heavy atom. The van der Waals surface area contributed by atoms with Crippen LogP contribution >= 0.6 is 0 Å². The monoisotopic (exact) mass is 514 g/mol. The third-order valence-electron chi connectivity index (χ3n) is 7.21. The Morgan fingerprint density at radius 2 is 1.86 bits per heavy atom. The predicted octanol–water partition coefficient (Wildman–Crippen LogP) is 1.57. The highest BCUT2D eigenvalue weighted by molar-refractivity contribution is 5.98. The highest BCUT2D eigenvalue weighted by atomic mass is 16.7. The molecule has 0 atom stereocenters. The maximum Gasteiger partial charge on any atom is 0.269 e. The fourth-order valence-electron chi connectivity index (χ4n) is 5.10. The zero-order chi connectivity index (χ0) is 26.0. The lowest BCUT2D eigenvalue weighted by Gasteiger charge is -2.39. The van der Waals surface area contributed by atoms with E-state index in [1.807, 2.05) is 18.2 Å². The summed E-state index contributed by atoms with van der Waals surface area (Å²) in [5.41, 5.74) is 6.39. The average Bonchev–Trinajstić information content (AvgIpc) is 3.36. The van der Waals surface area contributed by atoms with Gasteiger partial charge in [-0.25, -0.2) is 0 Å². The molecule has 200 valence electrons. The van der Waals surface area contributed by atoms with Crippen LogP contribution < -0.4 is 31.6 Å². The summed E-state index contributed by atoms with van der Waals surface area (Å²) < 4.78 is 24.1. The number of carbonyl (C=O) groups excluding carboxylic acids is 1. The Morgan fingerprint density at radius 1 is 1.16 bits per heavy atom. The molecule has 12 heteroatoms. The van der Waals surface area contributed by atoms with E-state index in [9.17, 15) is 9.59 Å². The Labute approximate surface area is 215 Å².